The number of hydrogen-bond acceptors (Lipinski definition) is 8. The Morgan fingerprint density at radius 1 is 1.40 bits per heavy atom. The fourth-order valence-corrected chi connectivity index (χ4v) is 2.02. The minimum absolute atomic E-state index is 0.128. The summed E-state index contributed by atoms with van der Waals surface area (Å²) < 4.78 is 5.26. The number of nitro groups is 1. The maximum atomic E-state index is 11.1. The van der Waals surface area contributed by atoms with E-state index in [1.807, 2.05) is 0 Å². The highest BCUT2D eigenvalue weighted by Gasteiger charge is 2.22. The third-order valence-corrected chi connectivity index (χ3v) is 3.07. The van der Waals surface area contributed by atoms with Gasteiger partial charge in [-0.25, -0.2) is 9.97 Å². The molecule has 1 aromatic rings. The number of nitrogens with zero attached hydrogens (tertiary/aromatic N) is 4. The van der Waals surface area contributed by atoms with Crippen molar-refractivity contribution in [3.8, 4) is 0 Å². The molecular formula is C11H18N6O3. The zero-order chi connectivity index (χ0) is 14.4. The second-order valence-corrected chi connectivity index (χ2v) is 4.31. The maximum absolute atomic E-state index is 11.1. The average Bonchev–Trinajstić information content (AvgIpc) is 2.47. The summed E-state index contributed by atoms with van der Waals surface area (Å²) >= 11 is 0. The van der Waals surface area contributed by atoms with Crippen molar-refractivity contribution < 1.29 is 9.66 Å². The summed E-state index contributed by atoms with van der Waals surface area (Å²) in [6.07, 6.45) is 1.30. The number of ether oxygens (including phenoxy) is 1. The zero-order valence-electron chi connectivity index (χ0n) is 11.3. The topological polar surface area (TPSA) is 105 Å². The van der Waals surface area contributed by atoms with E-state index in [-0.39, 0.29) is 17.3 Å². The molecule has 0 aromatic carbocycles. The quantitative estimate of drug-likeness (QED) is 0.562. The lowest BCUT2D eigenvalue weighted by atomic mass is 10.4. The molecule has 0 radical (unpaired) electrons. The van der Waals surface area contributed by atoms with E-state index in [4.69, 9.17) is 4.74 Å². The molecule has 0 amide bonds. The lowest BCUT2D eigenvalue weighted by molar-refractivity contribution is -0.383. The van der Waals surface area contributed by atoms with Crippen molar-refractivity contribution >= 4 is 17.3 Å². The van der Waals surface area contributed by atoms with E-state index in [2.05, 4.69) is 25.5 Å². The van der Waals surface area contributed by atoms with Crippen LogP contribution in [0.1, 0.15) is 0 Å². The molecule has 1 fully saturated rings. The highest BCUT2D eigenvalue weighted by Crippen LogP contribution is 2.27. The van der Waals surface area contributed by atoms with Crippen molar-refractivity contribution in [2.45, 2.75) is 0 Å². The van der Waals surface area contributed by atoms with Crippen LogP contribution in [0.5, 0.6) is 0 Å². The van der Waals surface area contributed by atoms with E-state index in [1.165, 1.54) is 6.33 Å². The van der Waals surface area contributed by atoms with Crippen LogP contribution in [0.25, 0.3) is 0 Å². The van der Waals surface area contributed by atoms with E-state index < -0.39 is 4.92 Å². The van der Waals surface area contributed by atoms with Gasteiger partial charge in [-0.1, -0.05) is 0 Å². The molecule has 1 aliphatic heterocycles. The van der Waals surface area contributed by atoms with Crippen LogP contribution in [-0.4, -0.2) is 66.2 Å². The Balaban J connectivity index is 1.96. The van der Waals surface area contributed by atoms with E-state index in [9.17, 15) is 10.1 Å². The second kappa shape index (κ2) is 6.96. The predicted molar refractivity (Wildman–Crippen MR) is 74.0 cm³/mol. The Morgan fingerprint density at radius 3 is 2.75 bits per heavy atom. The van der Waals surface area contributed by atoms with Crippen molar-refractivity contribution in [2.75, 3.05) is 57.1 Å². The molecule has 1 aromatic heterocycles. The molecule has 0 saturated carbocycles. The Labute approximate surface area is 116 Å². The van der Waals surface area contributed by atoms with Gasteiger partial charge in [0.15, 0.2) is 0 Å². The number of nitrogens with one attached hydrogen (secondary N) is 2. The van der Waals surface area contributed by atoms with Gasteiger partial charge in [-0.05, 0) is 0 Å². The van der Waals surface area contributed by atoms with E-state index in [0.29, 0.717) is 6.54 Å². The van der Waals surface area contributed by atoms with Crippen molar-refractivity contribution in [3.63, 3.8) is 0 Å². The number of morpholine rings is 1. The third kappa shape index (κ3) is 3.52. The molecule has 0 aliphatic carbocycles. The summed E-state index contributed by atoms with van der Waals surface area (Å²) in [4.78, 5) is 20.6. The number of aromatic nitrogens is 2. The molecule has 2 heterocycles. The molecule has 1 saturated heterocycles. The monoisotopic (exact) mass is 282 g/mol. The van der Waals surface area contributed by atoms with Crippen molar-refractivity contribution in [1.29, 1.82) is 0 Å². The second-order valence-electron chi connectivity index (χ2n) is 4.31. The Kier molecular flexibility index (Phi) is 5.02. The normalized spacial score (nSPS) is 15.8. The average molecular weight is 282 g/mol. The molecule has 2 N–H and O–H groups in total. The summed E-state index contributed by atoms with van der Waals surface area (Å²) in [6.45, 7) is 4.61. The number of anilines is 2. The van der Waals surface area contributed by atoms with Crippen LogP contribution in [0, 0.1) is 10.1 Å². The first-order chi connectivity index (χ1) is 9.72. The Morgan fingerprint density at radius 2 is 2.10 bits per heavy atom. The Bertz CT molecular complexity index is 463. The molecule has 20 heavy (non-hydrogen) atoms. The maximum Gasteiger partial charge on any atom is 0.353 e. The van der Waals surface area contributed by atoms with Gasteiger partial charge in [0.2, 0.25) is 11.6 Å². The number of hydrogen-bond donors (Lipinski definition) is 2. The molecule has 0 unspecified atom stereocenters. The van der Waals surface area contributed by atoms with Crippen LogP contribution >= 0.6 is 0 Å². The first-order valence-electron chi connectivity index (χ1n) is 6.43. The lowest BCUT2D eigenvalue weighted by Crippen LogP contribution is -2.39. The van der Waals surface area contributed by atoms with E-state index >= 15 is 0 Å². The summed E-state index contributed by atoms with van der Waals surface area (Å²) in [5.41, 5.74) is -0.128. The minimum atomic E-state index is -0.483. The third-order valence-electron chi connectivity index (χ3n) is 3.07. The van der Waals surface area contributed by atoms with E-state index in [0.717, 1.165) is 32.8 Å². The van der Waals surface area contributed by atoms with Crippen LogP contribution in [0.2, 0.25) is 0 Å². The highest BCUT2D eigenvalue weighted by atomic mass is 16.6. The van der Waals surface area contributed by atoms with Gasteiger partial charge in [-0.3, -0.25) is 15.0 Å². The first-order valence-corrected chi connectivity index (χ1v) is 6.43. The predicted octanol–water partition coefficient (Wildman–Crippen LogP) is 0.171. The molecule has 0 atom stereocenters. The van der Waals surface area contributed by atoms with Gasteiger partial charge in [0.1, 0.15) is 6.33 Å². The van der Waals surface area contributed by atoms with Crippen LogP contribution in [0.15, 0.2) is 6.33 Å². The molecule has 110 valence electrons. The van der Waals surface area contributed by atoms with Crippen molar-refractivity contribution in [1.82, 2.24) is 14.9 Å². The summed E-state index contributed by atoms with van der Waals surface area (Å²) in [6, 6.07) is 0. The fourth-order valence-electron chi connectivity index (χ4n) is 2.02. The Hall–Kier alpha value is -2.00. The minimum Gasteiger partial charge on any atom is -0.379 e. The van der Waals surface area contributed by atoms with Gasteiger partial charge in [-0.2, -0.15) is 0 Å². The fraction of sp³-hybridized carbons (Fsp3) is 0.636. The van der Waals surface area contributed by atoms with Gasteiger partial charge in [-0.15, -0.1) is 0 Å². The summed E-state index contributed by atoms with van der Waals surface area (Å²) in [5.74, 6) is 0.446. The van der Waals surface area contributed by atoms with Crippen LogP contribution in [-0.2, 0) is 4.74 Å². The molecular weight excluding hydrogens is 264 g/mol. The van der Waals surface area contributed by atoms with Crippen molar-refractivity contribution in [3.05, 3.63) is 16.4 Å². The first kappa shape index (κ1) is 14.4. The van der Waals surface area contributed by atoms with Crippen LogP contribution in [0.4, 0.5) is 17.3 Å². The zero-order valence-corrected chi connectivity index (χ0v) is 11.3. The number of rotatable bonds is 6. The summed E-state index contributed by atoms with van der Waals surface area (Å²) in [7, 11) is 1.59. The van der Waals surface area contributed by atoms with Crippen LogP contribution < -0.4 is 10.6 Å². The molecule has 9 heteroatoms. The molecule has 2 rings (SSSR count). The van der Waals surface area contributed by atoms with E-state index in [1.54, 1.807) is 7.05 Å². The lowest BCUT2D eigenvalue weighted by Gasteiger charge is -2.26. The smallest absolute Gasteiger partial charge is 0.353 e. The SMILES string of the molecule is CNc1ncnc(NCCN2CCOCC2)c1[N+](=O)[O-]. The van der Waals surface area contributed by atoms with Gasteiger partial charge in [0.25, 0.3) is 0 Å². The van der Waals surface area contributed by atoms with Gasteiger partial charge in [0, 0.05) is 33.2 Å². The molecule has 9 nitrogen and oxygen atoms in total. The van der Waals surface area contributed by atoms with Crippen molar-refractivity contribution in [2.24, 2.45) is 0 Å². The van der Waals surface area contributed by atoms with Gasteiger partial charge in [0.05, 0.1) is 18.1 Å². The van der Waals surface area contributed by atoms with Crippen LogP contribution in [0.3, 0.4) is 0 Å². The molecule has 1 aliphatic rings. The summed E-state index contributed by atoms with van der Waals surface area (Å²) in [5, 5.41) is 16.8. The largest absolute Gasteiger partial charge is 0.379 e. The van der Waals surface area contributed by atoms with Gasteiger partial charge >= 0.3 is 5.69 Å². The molecule has 0 spiro atoms. The van der Waals surface area contributed by atoms with Gasteiger partial charge < -0.3 is 15.4 Å². The standard InChI is InChI=1S/C11H18N6O3/c1-12-10-9(17(18)19)11(15-8-14-10)13-2-3-16-4-6-20-7-5-16/h8H,2-7H2,1H3,(H2,12,13,14,15). The molecule has 0 bridgehead atoms. The highest BCUT2D eigenvalue weighted by molar-refractivity contribution is 5.68.